The first-order chi connectivity index (χ1) is 7.08. The lowest BCUT2D eigenvalue weighted by Gasteiger charge is -1.88. The van der Waals surface area contributed by atoms with Crippen LogP contribution in [0.5, 0.6) is 0 Å². The minimum Gasteiger partial charge on any atom is -0.476 e. The fourth-order valence-corrected chi connectivity index (χ4v) is 1.68. The van der Waals surface area contributed by atoms with Gasteiger partial charge < -0.3 is 14.0 Å². The van der Waals surface area contributed by atoms with E-state index in [1.807, 2.05) is 6.92 Å². The summed E-state index contributed by atoms with van der Waals surface area (Å²) < 4.78 is 10.7. The van der Waals surface area contributed by atoms with Crippen molar-refractivity contribution in [1.82, 2.24) is 5.16 Å². The van der Waals surface area contributed by atoms with E-state index in [0.29, 0.717) is 16.2 Å². The number of halogens is 1. The molecule has 0 aliphatic carbocycles. The Morgan fingerprint density at radius 2 is 2.27 bits per heavy atom. The number of carboxylic acids is 1. The number of hydrogen-bond acceptors (Lipinski definition) is 4. The normalized spacial score (nSPS) is 10.5. The van der Waals surface area contributed by atoms with Gasteiger partial charge in [-0.05, 0) is 34.5 Å². The molecule has 0 atom stereocenters. The van der Waals surface area contributed by atoms with Crippen LogP contribution in [0.25, 0.3) is 11.5 Å². The van der Waals surface area contributed by atoms with Crippen molar-refractivity contribution in [1.29, 1.82) is 0 Å². The van der Waals surface area contributed by atoms with Crippen LogP contribution < -0.4 is 0 Å². The van der Waals surface area contributed by atoms with Gasteiger partial charge in [-0.3, -0.25) is 0 Å². The summed E-state index contributed by atoms with van der Waals surface area (Å²) in [5.41, 5.74) is 0.701. The van der Waals surface area contributed by atoms with E-state index in [9.17, 15) is 4.79 Å². The van der Waals surface area contributed by atoms with E-state index in [1.165, 1.54) is 6.07 Å². The van der Waals surface area contributed by atoms with E-state index in [-0.39, 0.29) is 5.69 Å². The number of rotatable bonds is 2. The van der Waals surface area contributed by atoms with Crippen LogP contribution in [0.2, 0.25) is 0 Å². The van der Waals surface area contributed by atoms with Crippen molar-refractivity contribution in [3.05, 3.63) is 28.1 Å². The molecule has 2 rings (SSSR count). The lowest BCUT2D eigenvalue weighted by atomic mass is 10.2. The van der Waals surface area contributed by atoms with Gasteiger partial charge in [-0.1, -0.05) is 5.16 Å². The molecule has 15 heavy (non-hydrogen) atoms. The lowest BCUT2D eigenvalue weighted by Crippen LogP contribution is -1.94. The van der Waals surface area contributed by atoms with Crippen LogP contribution in [-0.2, 0) is 0 Å². The Morgan fingerprint density at radius 3 is 2.73 bits per heavy atom. The number of nitrogens with zero attached hydrogens (tertiary/aromatic N) is 1. The molecule has 0 unspecified atom stereocenters. The number of carboxylic acid groups (broad SMARTS) is 1. The SMILES string of the molecule is Cc1cc(Br)oc1-c1cc(C(=O)O)no1. The van der Waals surface area contributed by atoms with Crippen LogP contribution in [0.3, 0.4) is 0 Å². The largest absolute Gasteiger partial charge is 0.476 e. The quantitative estimate of drug-likeness (QED) is 0.909. The van der Waals surface area contributed by atoms with Crippen LogP contribution in [0.4, 0.5) is 0 Å². The highest BCUT2D eigenvalue weighted by atomic mass is 79.9. The van der Waals surface area contributed by atoms with Gasteiger partial charge in [0, 0.05) is 6.07 Å². The van der Waals surface area contributed by atoms with Crippen molar-refractivity contribution in [2.24, 2.45) is 0 Å². The van der Waals surface area contributed by atoms with Gasteiger partial charge in [0.2, 0.25) is 5.76 Å². The summed E-state index contributed by atoms with van der Waals surface area (Å²) in [6.07, 6.45) is 0. The average molecular weight is 272 g/mol. The van der Waals surface area contributed by atoms with Crippen LogP contribution in [-0.4, -0.2) is 16.2 Å². The Balaban J connectivity index is 2.45. The molecule has 0 saturated carbocycles. The summed E-state index contributed by atoms with van der Waals surface area (Å²) in [5, 5.41) is 12.0. The highest BCUT2D eigenvalue weighted by Crippen LogP contribution is 2.29. The molecule has 0 amide bonds. The molecule has 2 aromatic rings. The summed E-state index contributed by atoms with van der Waals surface area (Å²) in [6.45, 7) is 1.83. The van der Waals surface area contributed by atoms with Crippen LogP contribution in [0.1, 0.15) is 16.1 Å². The number of carbonyl (C=O) groups is 1. The topological polar surface area (TPSA) is 76.5 Å². The maximum atomic E-state index is 10.6. The van der Waals surface area contributed by atoms with E-state index in [1.54, 1.807) is 6.07 Å². The lowest BCUT2D eigenvalue weighted by molar-refractivity contribution is 0.0686. The summed E-state index contributed by atoms with van der Waals surface area (Å²) in [7, 11) is 0. The highest BCUT2D eigenvalue weighted by Gasteiger charge is 2.17. The zero-order valence-electron chi connectivity index (χ0n) is 7.65. The second-order valence-corrected chi connectivity index (χ2v) is 3.73. The molecule has 78 valence electrons. The van der Waals surface area contributed by atoms with E-state index in [2.05, 4.69) is 21.1 Å². The molecule has 1 N–H and O–H groups in total. The van der Waals surface area contributed by atoms with Crippen molar-refractivity contribution in [2.45, 2.75) is 6.92 Å². The Kier molecular flexibility index (Phi) is 2.36. The molecule has 0 aromatic carbocycles. The second-order valence-electron chi connectivity index (χ2n) is 2.94. The van der Waals surface area contributed by atoms with Crippen molar-refractivity contribution >= 4 is 21.9 Å². The van der Waals surface area contributed by atoms with E-state index < -0.39 is 5.97 Å². The minimum absolute atomic E-state index is 0.142. The van der Waals surface area contributed by atoms with E-state index in [0.717, 1.165) is 5.56 Å². The monoisotopic (exact) mass is 271 g/mol. The molecule has 2 aromatic heterocycles. The van der Waals surface area contributed by atoms with Crippen molar-refractivity contribution in [3.8, 4) is 11.5 Å². The molecule has 0 spiro atoms. The van der Waals surface area contributed by atoms with Gasteiger partial charge in [0.05, 0.1) is 0 Å². The van der Waals surface area contributed by atoms with Gasteiger partial charge >= 0.3 is 5.97 Å². The molecule has 2 heterocycles. The molecule has 0 bridgehead atoms. The highest BCUT2D eigenvalue weighted by molar-refractivity contribution is 9.10. The number of aromatic nitrogens is 1. The van der Waals surface area contributed by atoms with Crippen LogP contribution in [0, 0.1) is 6.92 Å². The van der Waals surface area contributed by atoms with E-state index >= 15 is 0 Å². The third kappa shape index (κ3) is 1.80. The van der Waals surface area contributed by atoms with Crippen LogP contribution >= 0.6 is 15.9 Å². The zero-order chi connectivity index (χ0) is 11.0. The van der Waals surface area contributed by atoms with Gasteiger partial charge in [0.15, 0.2) is 16.1 Å². The van der Waals surface area contributed by atoms with Gasteiger partial charge in [-0.25, -0.2) is 4.79 Å². The summed E-state index contributed by atoms with van der Waals surface area (Å²) >= 11 is 3.17. The molecule has 0 aliphatic rings. The Labute approximate surface area is 92.8 Å². The zero-order valence-corrected chi connectivity index (χ0v) is 9.24. The molecule has 0 fully saturated rings. The van der Waals surface area contributed by atoms with E-state index in [4.69, 9.17) is 14.0 Å². The molecule has 0 aliphatic heterocycles. The molecular formula is C9H6BrNO4. The Hall–Kier alpha value is -1.56. The summed E-state index contributed by atoms with van der Waals surface area (Å²) in [4.78, 5) is 10.6. The number of aryl methyl sites for hydroxylation is 1. The van der Waals surface area contributed by atoms with Crippen molar-refractivity contribution < 1.29 is 18.8 Å². The third-order valence-electron chi connectivity index (χ3n) is 1.84. The maximum absolute atomic E-state index is 10.6. The molecule has 6 heteroatoms. The Bertz CT molecular complexity index is 514. The number of aromatic carboxylic acids is 1. The van der Waals surface area contributed by atoms with Crippen molar-refractivity contribution in [3.63, 3.8) is 0 Å². The van der Waals surface area contributed by atoms with Gasteiger partial charge in [-0.2, -0.15) is 0 Å². The molecule has 0 saturated heterocycles. The predicted molar refractivity (Wildman–Crippen MR) is 53.6 cm³/mol. The fraction of sp³-hybridized carbons (Fsp3) is 0.111. The van der Waals surface area contributed by atoms with Gasteiger partial charge in [0.25, 0.3) is 0 Å². The van der Waals surface area contributed by atoms with Crippen molar-refractivity contribution in [2.75, 3.05) is 0 Å². The first-order valence-corrected chi connectivity index (χ1v) is 4.83. The molecule has 5 nitrogen and oxygen atoms in total. The first-order valence-electron chi connectivity index (χ1n) is 4.04. The summed E-state index contributed by atoms with van der Waals surface area (Å²) in [5.74, 6) is -0.356. The minimum atomic E-state index is -1.13. The average Bonchev–Trinajstić information content (AvgIpc) is 2.71. The fourth-order valence-electron chi connectivity index (χ4n) is 1.17. The van der Waals surface area contributed by atoms with Gasteiger partial charge in [0.1, 0.15) is 0 Å². The third-order valence-corrected chi connectivity index (χ3v) is 2.23. The Morgan fingerprint density at radius 1 is 1.53 bits per heavy atom. The first kappa shape index (κ1) is 9.97. The predicted octanol–water partition coefficient (Wildman–Crippen LogP) is 2.70. The smallest absolute Gasteiger partial charge is 0.358 e. The molecular weight excluding hydrogens is 266 g/mol. The second kappa shape index (κ2) is 3.54. The van der Waals surface area contributed by atoms with Crippen LogP contribution in [0.15, 0.2) is 25.7 Å². The number of hydrogen-bond donors (Lipinski definition) is 1. The maximum Gasteiger partial charge on any atom is 0.358 e. The number of furan rings is 1. The van der Waals surface area contributed by atoms with Gasteiger partial charge in [-0.15, -0.1) is 0 Å². The standard InChI is InChI=1S/C9H6BrNO4/c1-4-2-7(10)14-8(4)6-3-5(9(12)13)11-15-6/h2-3H,1H3,(H,12,13). The molecule has 0 radical (unpaired) electrons. The summed E-state index contributed by atoms with van der Waals surface area (Å²) in [6, 6.07) is 3.08.